The van der Waals surface area contributed by atoms with Crippen molar-refractivity contribution in [1.82, 2.24) is 5.32 Å². The Hall–Kier alpha value is -0.160. The van der Waals surface area contributed by atoms with Crippen molar-refractivity contribution in [3.63, 3.8) is 0 Å². The molecule has 2 unspecified atom stereocenters. The van der Waals surface area contributed by atoms with E-state index < -0.39 is 11.7 Å². The Kier molecular flexibility index (Phi) is 2.73. The molecule has 4 atom stereocenters. The third-order valence-electron chi connectivity index (χ3n) is 2.44. The summed E-state index contributed by atoms with van der Waals surface area (Å²) < 4.78 is 5.20. The van der Waals surface area contributed by atoms with Gasteiger partial charge >= 0.3 is 0 Å². The third-order valence-corrected chi connectivity index (χ3v) is 2.44. The second-order valence-electron chi connectivity index (χ2n) is 3.63. The third kappa shape index (κ3) is 1.61. The van der Waals surface area contributed by atoms with Gasteiger partial charge in [0, 0.05) is 0 Å². The Morgan fingerprint density at radius 1 is 1.58 bits per heavy atom. The summed E-state index contributed by atoms with van der Waals surface area (Å²) in [7, 11) is 1.72. The van der Waals surface area contributed by atoms with Crippen molar-refractivity contribution in [2.24, 2.45) is 0 Å². The fraction of sp³-hybridized carbons (Fsp3) is 1.00. The highest BCUT2D eigenvalue weighted by atomic mass is 16.5. The first kappa shape index (κ1) is 9.92. The summed E-state index contributed by atoms with van der Waals surface area (Å²) in [6, 6.07) is -0.318. The lowest BCUT2D eigenvalue weighted by Crippen LogP contribution is -2.64. The van der Waals surface area contributed by atoms with Crippen molar-refractivity contribution in [3.8, 4) is 0 Å². The van der Waals surface area contributed by atoms with E-state index in [1.54, 1.807) is 20.9 Å². The van der Waals surface area contributed by atoms with E-state index in [0.29, 0.717) is 0 Å². The van der Waals surface area contributed by atoms with Crippen molar-refractivity contribution >= 4 is 0 Å². The SMILES string of the molecule is CNC1[C@@H](O)C(C)OC[C@]1(C)O. The first-order valence-electron chi connectivity index (χ1n) is 4.18. The van der Waals surface area contributed by atoms with Gasteiger partial charge in [-0.1, -0.05) is 0 Å². The molecule has 0 aliphatic carbocycles. The van der Waals surface area contributed by atoms with E-state index in [1.807, 2.05) is 0 Å². The smallest absolute Gasteiger partial charge is 0.103 e. The van der Waals surface area contributed by atoms with Crippen LogP contribution in [0.15, 0.2) is 0 Å². The van der Waals surface area contributed by atoms with Gasteiger partial charge in [0.2, 0.25) is 0 Å². The van der Waals surface area contributed by atoms with Crippen LogP contribution in [0.5, 0.6) is 0 Å². The van der Waals surface area contributed by atoms with Gasteiger partial charge in [-0.25, -0.2) is 0 Å². The van der Waals surface area contributed by atoms with Crippen LogP contribution in [0.1, 0.15) is 13.8 Å². The van der Waals surface area contributed by atoms with Gasteiger partial charge in [-0.2, -0.15) is 0 Å². The molecule has 0 aromatic carbocycles. The Bertz CT molecular complexity index is 160. The number of hydrogen-bond donors (Lipinski definition) is 3. The van der Waals surface area contributed by atoms with E-state index in [9.17, 15) is 10.2 Å². The summed E-state index contributed by atoms with van der Waals surface area (Å²) in [4.78, 5) is 0. The predicted octanol–water partition coefficient (Wildman–Crippen LogP) is -0.895. The molecule has 4 nitrogen and oxygen atoms in total. The molecule has 0 spiro atoms. The molecule has 0 aromatic rings. The van der Waals surface area contributed by atoms with Crippen LogP contribution in [0.25, 0.3) is 0 Å². The van der Waals surface area contributed by atoms with E-state index in [2.05, 4.69) is 5.32 Å². The second kappa shape index (κ2) is 3.30. The van der Waals surface area contributed by atoms with Crippen molar-refractivity contribution in [2.75, 3.05) is 13.7 Å². The first-order valence-corrected chi connectivity index (χ1v) is 4.18. The van der Waals surface area contributed by atoms with E-state index in [-0.39, 0.29) is 18.8 Å². The molecule has 0 bridgehead atoms. The van der Waals surface area contributed by atoms with Gasteiger partial charge in [0.1, 0.15) is 5.60 Å². The highest BCUT2D eigenvalue weighted by Gasteiger charge is 2.43. The average molecular weight is 175 g/mol. The van der Waals surface area contributed by atoms with Crippen molar-refractivity contribution in [1.29, 1.82) is 0 Å². The zero-order valence-corrected chi connectivity index (χ0v) is 7.74. The number of ether oxygens (including phenoxy) is 1. The van der Waals surface area contributed by atoms with Crippen molar-refractivity contribution in [2.45, 2.75) is 37.7 Å². The van der Waals surface area contributed by atoms with Crippen LogP contribution in [0, 0.1) is 0 Å². The molecule has 1 aliphatic rings. The minimum Gasteiger partial charge on any atom is -0.389 e. The highest BCUT2D eigenvalue weighted by Crippen LogP contribution is 2.23. The lowest BCUT2D eigenvalue weighted by atomic mass is 9.88. The van der Waals surface area contributed by atoms with E-state index >= 15 is 0 Å². The van der Waals surface area contributed by atoms with Gasteiger partial charge in [-0.15, -0.1) is 0 Å². The van der Waals surface area contributed by atoms with Gasteiger partial charge in [0.25, 0.3) is 0 Å². The highest BCUT2D eigenvalue weighted by molar-refractivity contribution is 4.97. The van der Waals surface area contributed by atoms with Crippen molar-refractivity contribution in [3.05, 3.63) is 0 Å². The van der Waals surface area contributed by atoms with Crippen LogP contribution < -0.4 is 5.32 Å². The topological polar surface area (TPSA) is 61.7 Å². The maximum atomic E-state index is 9.77. The number of nitrogens with one attached hydrogen (secondary N) is 1. The van der Waals surface area contributed by atoms with Gasteiger partial charge in [-0.05, 0) is 20.9 Å². The molecule has 4 heteroatoms. The van der Waals surface area contributed by atoms with Gasteiger partial charge in [0.05, 0.1) is 24.9 Å². The normalized spacial score (nSPS) is 49.2. The Morgan fingerprint density at radius 2 is 2.17 bits per heavy atom. The second-order valence-corrected chi connectivity index (χ2v) is 3.63. The summed E-state index contributed by atoms with van der Waals surface area (Å²) in [5.74, 6) is 0. The lowest BCUT2D eigenvalue weighted by Gasteiger charge is -2.43. The summed E-state index contributed by atoms with van der Waals surface area (Å²) in [5, 5.41) is 22.3. The molecule has 12 heavy (non-hydrogen) atoms. The maximum absolute atomic E-state index is 9.77. The predicted molar refractivity (Wildman–Crippen MR) is 44.9 cm³/mol. The standard InChI is InChI=1S/C8H17NO3/c1-5-6(10)7(9-3)8(2,11)4-12-5/h5-7,9-11H,4H2,1-3H3/t5?,6-,7?,8-/m0/s1. The van der Waals surface area contributed by atoms with Gasteiger partial charge in [0.15, 0.2) is 0 Å². The van der Waals surface area contributed by atoms with Gasteiger partial charge in [-0.3, -0.25) is 0 Å². The van der Waals surface area contributed by atoms with E-state index in [0.717, 1.165) is 0 Å². The fourth-order valence-corrected chi connectivity index (χ4v) is 1.61. The van der Waals surface area contributed by atoms with Crippen LogP contribution in [-0.4, -0.2) is 47.7 Å². The molecule has 0 saturated carbocycles. The molecular weight excluding hydrogens is 158 g/mol. The summed E-state index contributed by atoms with van der Waals surface area (Å²) in [6.07, 6.45) is -0.874. The summed E-state index contributed by atoms with van der Waals surface area (Å²) in [5.41, 5.74) is -0.985. The number of aliphatic hydroxyl groups is 2. The molecule has 1 aliphatic heterocycles. The first-order chi connectivity index (χ1) is 5.49. The van der Waals surface area contributed by atoms with E-state index in [4.69, 9.17) is 4.74 Å². The van der Waals surface area contributed by atoms with Crippen LogP contribution >= 0.6 is 0 Å². The van der Waals surface area contributed by atoms with Crippen LogP contribution in [0.2, 0.25) is 0 Å². The molecule has 0 radical (unpaired) electrons. The fourth-order valence-electron chi connectivity index (χ4n) is 1.61. The zero-order valence-electron chi connectivity index (χ0n) is 7.74. The molecule has 0 amide bonds. The van der Waals surface area contributed by atoms with Crippen LogP contribution in [0.4, 0.5) is 0 Å². The monoisotopic (exact) mass is 175 g/mol. The molecule has 1 saturated heterocycles. The minimum absolute atomic E-state index is 0.220. The molecule has 1 heterocycles. The lowest BCUT2D eigenvalue weighted by molar-refractivity contribution is -0.176. The zero-order chi connectivity index (χ0) is 9.35. The quantitative estimate of drug-likeness (QED) is 0.483. The Balaban J connectivity index is 2.72. The molecular formula is C8H17NO3. The number of rotatable bonds is 1. The molecule has 3 N–H and O–H groups in total. The average Bonchev–Trinajstić information content (AvgIpc) is 1.99. The Morgan fingerprint density at radius 3 is 2.58 bits per heavy atom. The molecule has 1 fully saturated rings. The van der Waals surface area contributed by atoms with Gasteiger partial charge < -0.3 is 20.3 Å². The molecule has 0 aromatic heterocycles. The minimum atomic E-state index is -0.985. The largest absolute Gasteiger partial charge is 0.389 e. The number of hydrogen-bond acceptors (Lipinski definition) is 4. The van der Waals surface area contributed by atoms with Crippen LogP contribution in [-0.2, 0) is 4.74 Å². The number of likely N-dealkylation sites (N-methyl/N-ethyl adjacent to an activating group) is 1. The number of aliphatic hydroxyl groups excluding tert-OH is 1. The summed E-state index contributed by atoms with van der Waals surface area (Å²) >= 11 is 0. The molecule has 1 rings (SSSR count). The Labute approximate surface area is 72.5 Å². The molecule has 72 valence electrons. The summed E-state index contributed by atoms with van der Waals surface area (Å²) in [6.45, 7) is 3.71. The van der Waals surface area contributed by atoms with Crippen LogP contribution in [0.3, 0.4) is 0 Å². The maximum Gasteiger partial charge on any atom is 0.103 e. The van der Waals surface area contributed by atoms with E-state index in [1.165, 1.54) is 0 Å². The van der Waals surface area contributed by atoms with Crippen molar-refractivity contribution < 1.29 is 14.9 Å².